The van der Waals surface area contributed by atoms with Gasteiger partial charge in [0.05, 0.1) is 12.1 Å². The van der Waals surface area contributed by atoms with Gasteiger partial charge in [0, 0.05) is 39.1 Å². The summed E-state index contributed by atoms with van der Waals surface area (Å²) in [6.07, 6.45) is -0.352. The summed E-state index contributed by atoms with van der Waals surface area (Å²) in [4.78, 5) is 0. The van der Waals surface area contributed by atoms with E-state index in [4.69, 9.17) is 4.74 Å². The molecule has 1 atom stereocenters. The summed E-state index contributed by atoms with van der Waals surface area (Å²) in [5.41, 5.74) is 1.80. The number of aromatic nitrogens is 2. The Bertz CT molecular complexity index is 802. The van der Waals surface area contributed by atoms with Crippen molar-refractivity contribution in [3.05, 3.63) is 30.0 Å². The van der Waals surface area contributed by atoms with E-state index in [2.05, 4.69) is 5.10 Å². The summed E-state index contributed by atoms with van der Waals surface area (Å²) in [6, 6.07) is 7.90. The first-order valence-corrected chi connectivity index (χ1v) is 9.09. The van der Waals surface area contributed by atoms with Gasteiger partial charge in [0.25, 0.3) is 10.2 Å². The average Bonchev–Trinajstić information content (AvgIpc) is 2.91. The molecular weight excluding hydrogens is 316 g/mol. The van der Waals surface area contributed by atoms with Crippen LogP contribution in [0.4, 0.5) is 0 Å². The highest BCUT2D eigenvalue weighted by Gasteiger charge is 2.34. The zero-order valence-electron chi connectivity index (χ0n) is 13.6. The average molecular weight is 338 g/mol. The maximum absolute atomic E-state index is 12.5. The molecule has 0 aliphatic carbocycles. The number of hydrogen-bond acceptors (Lipinski definition) is 4. The molecule has 1 aliphatic rings. The second-order valence-corrected chi connectivity index (χ2v) is 7.70. The van der Waals surface area contributed by atoms with E-state index in [0.29, 0.717) is 19.7 Å². The molecule has 0 amide bonds. The van der Waals surface area contributed by atoms with Crippen molar-refractivity contribution >= 4 is 21.1 Å². The first-order chi connectivity index (χ1) is 10.9. The van der Waals surface area contributed by atoms with Crippen LogP contribution < -0.4 is 0 Å². The number of para-hydroxylation sites is 1. The Morgan fingerprint density at radius 3 is 2.87 bits per heavy atom. The first kappa shape index (κ1) is 16.4. The molecule has 1 aliphatic heterocycles. The van der Waals surface area contributed by atoms with E-state index in [9.17, 15) is 8.42 Å². The number of rotatable bonds is 4. The number of aryl methyl sites for hydroxylation is 1. The van der Waals surface area contributed by atoms with Gasteiger partial charge in [0.1, 0.15) is 11.8 Å². The van der Waals surface area contributed by atoms with Gasteiger partial charge in [-0.25, -0.2) is 0 Å². The van der Waals surface area contributed by atoms with E-state index in [1.165, 1.54) is 8.61 Å². The third kappa shape index (κ3) is 2.87. The van der Waals surface area contributed by atoms with Gasteiger partial charge in [-0.05, 0) is 6.07 Å². The van der Waals surface area contributed by atoms with E-state index in [0.717, 1.165) is 16.6 Å². The van der Waals surface area contributed by atoms with E-state index in [1.807, 2.05) is 38.2 Å². The summed E-state index contributed by atoms with van der Waals surface area (Å²) in [5.74, 6) is 0. The van der Waals surface area contributed by atoms with E-state index in [1.54, 1.807) is 11.7 Å². The van der Waals surface area contributed by atoms with Crippen molar-refractivity contribution < 1.29 is 13.2 Å². The van der Waals surface area contributed by atoms with Crippen LogP contribution >= 0.6 is 0 Å². The smallest absolute Gasteiger partial charge is 0.281 e. The largest absolute Gasteiger partial charge is 0.369 e. The predicted octanol–water partition coefficient (Wildman–Crippen LogP) is 1.14. The fourth-order valence-electron chi connectivity index (χ4n) is 2.84. The topological polar surface area (TPSA) is 67.7 Å². The minimum absolute atomic E-state index is 0.285. The molecule has 1 saturated heterocycles. The van der Waals surface area contributed by atoms with Crippen LogP contribution in [0, 0.1) is 0 Å². The van der Waals surface area contributed by atoms with Crippen LogP contribution in [-0.4, -0.2) is 60.1 Å². The Hall–Kier alpha value is -1.48. The molecule has 0 spiro atoms. The van der Waals surface area contributed by atoms with Gasteiger partial charge in [-0.3, -0.25) is 4.68 Å². The predicted molar refractivity (Wildman–Crippen MR) is 88.2 cm³/mol. The minimum atomic E-state index is -3.45. The highest BCUT2D eigenvalue weighted by atomic mass is 32.2. The third-order valence-corrected chi connectivity index (χ3v) is 6.32. The molecule has 1 aromatic heterocycles. The molecule has 0 N–H and O–H groups in total. The lowest BCUT2D eigenvalue weighted by Gasteiger charge is -2.33. The van der Waals surface area contributed by atoms with Gasteiger partial charge in [-0.2, -0.15) is 22.1 Å². The lowest BCUT2D eigenvalue weighted by atomic mass is 10.1. The Labute approximate surface area is 136 Å². The number of hydrogen-bond donors (Lipinski definition) is 0. The SMILES string of the molecule is CCN(C)S(=O)(=O)N1CCOC(c2nn(C)c3ccccc23)C1. The van der Waals surface area contributed by atoms with E-state index < -0.39 is 10.2 Å². The molecule has 1 aromatic carbocycles. The van der Waals surface area contributed by atoms with Crippen LogP contribution in [0.25, 0.3) is 10.9 Å². The molecule has 2 heterocycles. The van der Waals surface area contributed by atoms with Crippen molar-refractivity contribution in [1.29, 1.82) is 0 Å². The zero-order valence-corrected chi connectivity index (χ0v) is 14.5. The number of morpholine rings is 1. The van der Waals surface area contributed by atoms with Crippen molar-refractivity contribution in [2.24, 2.45) is 7.05 Å². The van der Waals surface area contributed by atoms with Crippen LogP contribution in [0.5, 0.6) is 0 Å². The lowest BCUT2D eigenvalue weighted by molar-refractivity contribution is -0.00589. The van der Waals surface area contributed by atoms with Gasteiger partial charge in [0.2, 0.25) is 0 Å². The molecule has 0 saturated carbocycles. The van der Waals surface area contributed by atoms with Crippen LogP contribution in [0.15, 0.2) is 24.3 Å². The maximum Gasteiger partial charge on any atom is 0.281 e. The Morgan fingerprint density at radius 1 is 1.39 bits per heavy atom. The molecule has 0 bridgehead atoms. The number of nitrogens with zero attached hydrogens (tertiary/aromatic N) is 4. The van der Waals surface area contributed by atoms with Crippen molar-refractivity contribution in [2.75, 3.05) is 33.3 Å². The highest BCUT2D eigenvalue weighted by Crippen LogP contribution is 2.29. The first-order valence-electron chi connectivity index (χ1n) is 7.69. The Balaban J connectivity index is 1.92. The number of fused-ring (bicyclic) bond motifs is 1. The molecule has 7 nitrogen and oxygen atoms in total. The highest BCUT2D eigenvalue weighted by molar-refractivity contribution is 7.86. The second kappa shape index (κ2) is 6.20. The minimum Gasteiger partial charge on any atom is -0.369 e. The molecule has 1 unspecified atom stereocenters. The van der Waals surface area contributed by atoms with E-state index >= 15 is 0 Å². The maximum atomic E-state index is 12.5. The van der Waals surface area contributed by atoms with Gasteiger partial charge in [-0.15, -0.1) is 0 Å². The van der Waals surface area contributed by atoms with Gasteiger partial charge in [-0.1, -0.05) is 25.1 Å². The summed E-state index contributed by atoms with van der Waals surface area (Å²) >= 11 is 0. The summed E-state index contributed by atoms with van der Waals surface area (Å²) in [7, 11) is 0.0288. The van der Waals surface area contributed by atoms with Crippen molar-refractivity contribution in [3.8, 4) is 0 Å². The quantitative estimate of drug-likeness (QED) is 0.838. The van der Waals surface area contributed by atoms with Crippen LogP contribution in [0.2, 0.25) is 0 Å². The third-order valence-electron chi connectivity index (χ3n) is 4.29. The van der Waals surface area contributed by atoms with Crippen LogP contribution in [0.3, 0.4) is 0 Å². The summed E-state index contributed by atoms with van der Waals surface area (Å²) < 4.78 is 35.5. The van der Waals surface area contributed by atoms with Crippen LogP contribution in [0.1, 0.15) is 18.7 Å². The molecule has 23 heavy (non-hydrogen) atoms. The monoisotopic (exact) mass is 338 g/mol. The van der Waals surface area contributed by atoms with Crippen molar-refractivity contribution in [2.45, 2.75) is 13.0 Å². The number of benzene rings is 1. The molecule has 126 valence electrons. The van der Waals surface area contributed by atoms with E-state index in [-0.39, 0.29) is 12.6 Å². The molecule has 1 fully saturated rings. The zero-order chi connectivity index (χ0) is 16.6. The van der Waals surface area contributed by atoms with Gasteiger partial charge in [0.15, 0.2) is 0 Å². The van der Waals surface area contributed by atoms with Gasteiger partial charge < -0.3 is 4.74 Å². The second-order valence-electron chi connectivity index (χ2n) is 5.67. The molecule has 2 aromatic rings. The Kier molecular flexibility index (Phi) is 4.41. The summed E-state index contributed by atoms with van der Waals surface area (Å²) in [5, 5.41) is 5.55. The Morgan fingerprint density at radius 2 is 2.13 bits per heavy atom. The molecule has 0 radical (unpaired) electrons. The fraction of sp³-hybridized carbons (Fsp3) is 0.533. The van der Waals surface area contributed by atoms with Crippen molar-refractivity contribution in [3.63, 3.8) is 0 Å². The summed E-state index contributed by atoms with van der Waals surface area (Å²) in [6.45, 7) is 3.28. The molecule has 3 rings (SSSR count). The fourth-order valence-corrected chi connectivity index (χ4v) is 4.19. The van der Waals surface area contributed by atoms with Gasteiger partial charge >= 0.3 is 0 Å². The lowest BCUT2D eigenvalue weighted by Crippen LogP contribution is -2.48. The van der Waals surface area contributed by atoms with Crippen molar-refractivity contribution in [1.82, 2.24) is 18.4 Å². The number of ether oxygens (including phenoxy) is 1. The molecule has 8 heteroatoms. The van der Waals surface area contributed by atoms with Crippen LogP contribution in [-0.2, 0) is 22.0 Å². The standard InChI is InChI=1S/C15H22N4O3S/c1-4-17(2)23(20,21)19-9-10-22-14(11-19)15-12-7-5-6-8-13(12)18(3)16-15/h5-8,14H,4,9-11H2,1-3H3. The molecular formula is C15H22N4O3S. The normalized spacial score (nSPS) is 20.4.